The van der Waals surface area contributed by atoms with E-state index >= 15 is 0 Å². The number of H-pyrrole nitrogens is 1. The fraction of sp³-hybridized carbons (Fsp3) is 0.583. The Bertz CT molecular complexity index is 548. The van der Waals surface area contributed by atoms with Crippen LogP contribution < -0.4 is 10.6 Å². The molecule has 2 atom stereocenters. The van der Waals surface area contributed by atoms with Gasteiger partial charge in [-0.2, -0.15) is 9.97 Å². The van der Waals surface area contributed by atoms with Gasteiger partial charge in [-0.3, -0.25) is 0 Å². The summed E-state index contributed by atoms with van der Waals surface area (Å²) in [6.45, 7) is 5.05. The summed E-state index contributed by atoms with van der Waals surface area (Å²) in [7, 11) is 0. The highest BCUT2D eigenvalue weighted by Gasteiger charge is 2.36. The lowest BCUT2D eigenvalue weighted by molar-refractivity contribution is 0.773. The number of aromatic amines is 1. The van der Waals surface area contributed by atoms with E-state index in [1.54, 1.807) is 6.33 Å². The Morgan fingerprint density at radius 3 is 3.00 bits per heavy atom. The maximum absolute atomic E-state index is 4.51. The molecule has 0 radical (unpaired) electrons. The van der Waals surface area contributed by atoms with Crippen LogP contribution in [0.4, 0.5) is 11.8 Å². The molecule has 0 spiro atoms. The zero-order valence-corrected chi connectivity index (χ0v) is 10.7. The van der Waals surface area contributed by atoms with Crippen molar-refractivity contribution in [3.8, 4) is 0 Å². The average molecular weight is 246 g/mol. The number of nitrogens with zero attached hydrogens (tertiary/aromatic N) is 3. The molecule has 2 heterocycles. The van der Waals surface area contributed by atoms with Gasteiger partial charge >= 0.3 is 0 Å². The predicted octanol–water partition coefficient (Wildman–Crippen LogP) is 2.00. The van der Waals surface area contributed by atoms with Gasteiger partial charge in [-0.25, -0.2) is 4.98 Å². The normalized spacial score (nSPS) is 22.1. The summed E-state index contributed by atoms with van der Waals surface area (Å²) < 4.78 is 0. The molecule has 2 aromatic rings. The molecule has 6 nitrogen and oxygen atoms in total. The van der Waals surface area contributed by atoms with E-state index in [0.29, 0.717) is 17.6 Å². The molecule has 3 N–H and O–H groups in total. The summed E-state index contributed by atoms with van der Waals surface area (Å²) >= 11 is 0. The van der Waals surface area contributed by atoms with Crippen LogP contribution in [0, 0.1) is 5.92 Å². The van der Waals surface area contributed by atoms with Gasteiger partial charge < -0.3 is 15.6 Å². The molecule has 1 fully saturated rings. The molecule has 0 amide bonds. The van der Waals surface area contributed by atoms with E-state index in [4.69, 9.17) is 0 Å². The van der Waals surface area contributed by atoms with Crippen molar-refractivity contribution >= 4 is 22.9 Å². The van der Waals surface area contributed by atoms with Crippen LogP contribution in [0.1, 0.15) is 26.7 Å². The Hall–Kier alpha value is -1.85. The first-order valence-corrected chi connectivity index (χ1v) is 6.53. The van der Waals surface area contributed by atoms with Crippen LogP contribution in [0.15, 0.2) is 6.33 Å². The summed E-state index contributed by atoms with van der Waals surface area (Å²) in [4.78, 5) is 16.2. The zero-order valence-electron chi connectivity index (χ0n) is 10.7. The van der Waals surface area contributed by atoms with Crippen molar-refractivity contribution in [1.29, 1.82) is 0 Å². The van der Waals surface area contributed by atoms with Crippen molar-refractivity contribution in [3.05, 3.63) is 6.33 Å². The van der Waals surface area contributed by atoms with Gasteiger partial charge in [-0.1, -0.05) is 13.3 Å². The lowest BCUT2D eigenvalue weighted by atomic mass is 10.3. The minimum Gasteiger partial charge on any atom is -0.365 e. The van der Waals surface area contributed by atoms with E-state index in [0.717, 1.165) is 23.8 Å². The monoisotopic (exact) mass is 246 g/mol. The fourth-order valence-corrected chi connectivity index (χ4v) is 2.23. The molecule has 96 valence electrons. The quantitative estimate of drug-likeness (QED) is 0.752. The highest BCUT2D eigenvalue weighted by Crippen LogP contribution is 2.36. The third-order valence-electron chi connectivity index (χ3n) is 3.39. The van der Waals surface area contributed by atoms with Crippen LogP contribution >= 0.6 is 0 Å². The number of hydrogen-bond acceptors (Lipinski definition) is 5. The molecule has 1 aliphatic rings. The first-order chi connectivity index (χ1) is 8.81. The SMILES string of the molecule is CCNc1nc(NC2CC2CC)c2[nH]cnc2n1. The summed E-state index contributed by atoms with van der Waals surface area (Å²) in [5, 5.41) is 6.62. The number of hydrogen-bond donors (Lipinski definition) is 3. The van der Waals surface area contributed by atoms with E-state index < -0.39 is 0 Å². The molecule has 3 rings (SSSR count). The third kappa shape index (κ3) is 1.98. The Balaban J connectivity index is 1.90. The van der Waals surface area contributed by atoms with Gasteiger partial charge in [0, 0.05) is 12.6 Å². The lowest BCUT2D eigenvalue weighted by Gasteiger charge is -2.08. The second-order valence-electron chi connectivity index (χ2n) is 4.68. The largest absolute Gasteiger partial charge is 0.365 e. The van der Waals surface area contributed by atoms with Gasteiger partial charge in [0.25, 0.3) is 0 Å². The molecule has 1 aliphatic carbocycles. The van der Waals surface area contributed by atoms with Crippen LogP contribution in [0.3, 0.4) is 0 Å². The van der Waals surface area contributed by atoms with E-state index in [9.17, 15) is 0 Å². The van der Waals surface area contributed by atoms with Crippen molar-refractivity contribution in [3.63, 3.8) is 0 Å². The Morgan fingerprint density at radius 2 is 2.28 bits per heavy atom. The van der Waals surface area contributed by atoms with E-state index in [1.165, 1.54) is 12.8 Å². The Morgan fingerprint density at radius 1 is 1.39 bits per heavy atom. The van der Waals surface area contributed by atoms with Crippen LogP contribution in [0.5, 0.6) is 0 Å². The topological polar surface area (TPSA) is 78.5 Å². The second kappa shape index (κ2) is 4.44. The van der Waals surface area contributed by atoms with E-state index in [1.807, 2.05) is 6.92 Å². The molecule has 6 heteroatoms. The summed E-state index contributed by atoms with van der Waals surface area (Å²) in [5.41, 5.74) is 1.59. The number of nitrogens with one attached hydrogen (secondary N) is 3. The molecule has 1 saturated carbocycles. The molecule has 0 aliphatic heterocycles. The Kier molecular flexibility index (Phi) is 2.77. The maximum Gasteiger partial charge on any atom is 0.226 e. The molecule has 2 aromatic heterocycles. The minimum absolute atomic E-state index is 0.547. The Labute approximate surface area is 106 Å². The standard InChI is InChI=1S/C12H18N6/c1-3-7-5-8(7)16-11-9-10(15-6-14-9)17-12(18-11)13-4-2/h6-8H,3-5H2,1-2H3,(H3,13,14,15,16,17,18). The van der Waals surface area contributed by atoms with Crippen molar-refractivity contribution in [1.82, 2.24) is 19.9 Å². The number of rotatable bonds is 5. The average Bonchev–Trinajstić information content (AvgIpc) is 2.94. The molecule has 18 heavy (non-hydrogen) atoms. The second-order valence-corrected chi connectivity index (χ2v) is 4.68. The highest BCUT2D eigenvalue weighted by molar-refractivity contribution is 5.83. The number of aromatic nitrogens is 4. The van der Waals surface area contributed by atoms with Crippen molar-refractivity contribution < 1.29 is 0 Å². The number of imidazole rings is 1. The number of fused-ring (bicyclic) bond motifs is 1. The first kappa shape index (κ1) is 11.3. The van der Waals surface area contributed by atoms with Crippen LogP contribution in [-0.2, 0) is 0 Å². The maximum atomic E-state index is 4.51. The zero-order chi connectivity index (χ0) is 12.5. The summed E-state index contributed by atoms with van der Waals surface area (Å²) in [6, 6.07) is 0.547. The van der Waals surface area contributed by atoms with Gasteiger partial charge in [-0.15, -0.1) is 0 Å². The first-order valence-electron chi connectivity index (χ1n) is 6.53. The fourth-order valence-electron chi connectivity index (χ4n) is 2.23. The van der Waals surface area contributed by atoms with Gasteiger partial charge in [0.05, 0.1) is 6.33 Å². The molecule has 0 bridgehead atoms. The smallest absolute Gasteiger partial charge is 0.226 e. The van der Waals surface area contributed by atoms with Crippen LogP contribution in [0.25, 0.3) is 11.2 Å². The van der Waals surface area contributed by atoms with Gasteiger partial charge in [0.15, 0.2) is 11.5 Å². The van der Waals surface area contributed by atoms with Gasteiger partial charge in [-0.05, 0) is 19.3 Å². The third-order valence-corrected chi connectivity index (χ3v) is 3.39. The van der Waals surface area contributed by atoms with Crippen molar-refractivity contribution in [2.24, 2.45) is 5.92 Å². The predicted molar refractivity (Wildman–Crippen MR) is 71.7 cm³/mol. The molecule has 0 saturated heterocycles. The van der Waals surface area contributed by atoms with Crippen molar-refractivity contribution in [2.75, 3.05) is 17.2 Å². The van der Waals surface area contributed by atoms with Crippen molar-refractivity contribution in [2.45, 2.75) is 32.7 Å². The van der Waals surface area contributed by atoms with Gasteiger partial charge in [0.2, 0.25) is 5.95 Å². The summed E-state index contributed by atoms with van der Waals surface area (Å²) in [6.07, 6.45) is 4.10. The van der Waals surface area contributed by atoms with Crippen LogP contribution in [0.2, 0.25) is 0 Å². The minimum atomic E-state index is 0.547. The number of anilines is 2. The molecule has 2 unspecified atom stereocenters. The lowest BCUT2D eigenvalue weighted by Crippen LogP contribution is -2.10. The van der Waals surface area contributed by atoms with E-state index in [2.05, 4.69) is 37.5 Å². The molecular weight excluding hydrogens is 228 g/mol. The molecule has 0 aromatic carbocycles. The van der Waals surface area contributed by atoms with E-state index in [-0.39, 0.29) is 0 Å². The highest BCUT2D eigenvalue weighted by atomic mass is 15.2. The summed E-state index contributed by atoms with van der Waals surface area (Å²) in [5.74, 6) is 2.27. The molecular formula is C12H18N6. The van der Waals surface area contributed by atoms with Gasteiger partial charge in [0.1, 0.15) is 5.52 Å². The van der Waals surface area contributed by atoms with Crippen LogP contribution in [-0.4, -0.2) is 32.5 Å².